The third-order valence-corrected chi connectivity index (χ3v) is 7.72. The van der Waals surface area contributed by atoms with Crippen LogP contribution in [-0.4, -0.2) is 15.0 Å². The average molecular weight is 721 g/mol. The van der Waals surface area contributed by atoms with Crippen LogP contribution in [0.3, 0.4) is 0 Å². The molecule has 4 heterocycles. The van der Waals surface area contributed by atoms with Crippen LogP contribution in [0.15, 0.2) is 95.7 Å². The first-order valence-corrected chi connectivity index (χ1v) is 13.4. The summed E-state index contributed by atoms with van der Waals surface area (Å²) in [7, 11) is 0. The van der Waals surface area contributed by atoms with Crippen LogP contribution in [0.25, 0.3) is 54.7 Å². The summed E-state index contributed by atoms with van der Waals surface area (Å²) in [5.41, 5.74) is 6.23. The normalized spacial score (nSPS) is 12.7. The molecule has 0 saturated carbocycles. The van der Waals surface area contributed by atoms with Gasteiger partial charge in [0.25, 0.3) is 0 Å². The quantitative estimate of drug-likeness (QED) is 0.167. The second-order valence-electron chi connectivity index (χ2n) is 10.2. The molecule has 0 aliphatic carbocycles. The zero-order chi connectivity index (χ0) is 29.5. The number of aromatic nitrogens is 3. The second kappa shape index (κ2) is 11.4. The summed E-state index contributed by atoms with van der Waals surface area (Å²) >= 11 is 1.74. The smallest absolute Gasteiger partial charge is 0.148 e. The van der Waals surface area contributed by atoms with E-state index in [9.17, 15) is 0 Å². The molecule has 7 rings (SSSR count). The van der Waals surface area contributed by atoms with Gasteiger partial charge in [0.05, 0.1) is 15.3 Å². The van der Waals surface area contributed by atoms with E-state index in [-0.39, 0.29) is 31.1 Å². The predicted molar refractivity (Wildman–Crippen MR) is 161 cm³/mol. The van der Waals surface area contributed by atoms with Gasteiger partial charge >= 0.3 is 0 Å². The Morgan fingerprint density at radius 2 is 1.68 bits per heavy atom. The third-order valence-electron chi connectivity index (χ3n) is 6.27. The standard InChI is InChI=1S/C22H17N2OS.C12H10N.Ir/c1-22(2,3)21-24-18-17(26-21)11-10-14-13-7-6-8-15(19(13)25-20(14)18)16-9-4-5-12-23-16;1-10-7-8-12(13-9-10)11-5-3-2-4-6-11;/h4-7,9-12H,1-3H3;2-5,7-9H,1H3;/q2*-1;/i;1D3;. The molecule has 0 atom stereocenters. The Balaban J connectivity index is 0.000000188. The van der Waals surface area contributed by atoms with Crippen LogP contribution >= 0.6 is 11.3 Å². The average Bonchev–Trinajstić information content (AvgIpc) is 3.60. The SMILES string of the molecule is CC(C)(C)c1nc2c(ccc3c4cc[c-]c(-c5ccccn5)c4oc32)s1.[2H]C([2H])([2H])c1ccc(-c2[c-]cccc2)nc1.[Ir]. The van der Waals surface area contributed by atoms with Crippen molar-refractivity contribution in [2.24, 2.45) is 0 Å². The van der Waals surface area contributed by atoms with E-state index in [0.29, 0.717) is 0 Å². The Bertz CT molecular complexity index is 2000. The van der Waals surface area contributed by atoms with Crippen molar-refractivity contribution in [3.63, 3.8) is 0 Å². The van der Waals surface area contributed by atoms with Gasteiger partial charge in [0.15, 0.2) is 0 Å². The Labute approximate surface area is 255 Å². The van der Waals surface area contributed by atoms with Crippen LogP contribution in [-0.2, 0) is 25.5 Å². The number of nitrogens with zero attached hydrogens (tertiary/aromatic N) is 3. The summed E-state index contributed by atoms with van der Waals surface area (Å²) in [5.74, 6) is 0. The van der Waals surface area contributed by atoms with Crippen LogP contribution in [0, 0.1) is 19.0 Å². The Hall–Kier alpha value is -3.70. The number of benzene rings is 3. The number of furan rings is 1. The molecule has 4 nitrogen and oxygen atoms in total. The second-order valence-corrected chi connectivity index (χ2v) is 11.2. The molecule has 3 aromatic carbocycles. The molecule has 0 bridgehead atoms. The molecule has 0 N–H and O–H groups in total. The fourth-order valence-electron chi connectivity index (χ4n) is 4.32. The topological polar surface area (TPSA) is 51.8 Å². The monoisotopic (exact) mass is 721 g/mol. The van der Waals surface area contributed by atoms with Crippen molar-refractivity contribution in [1.82, 2.24) is 15.0 Å². The largest absolute Gasteiger partial charge is 0.498 e. The van der Waals surface area contributed by atoms with Gasteiger partial charge in [-0.1, -0.05) is 62.1 Å². The first-order chi connectivity index (χ1) is 20.1. The zero-order valence-electron chi connectivity index (χ0n) is 25.2. The molecule has 0 amide bonds. The molecule has 6 heteroatoms. The fraction of sp³-hybridized carbons (Fsp3) is 0.147. The summed E-state index contributed by atoms with van der Waals surface area (Å²) in [6.07, 6.45) is 3.18. The summed E-state index contributed by atoms with van der Waals surface area (Å²) in [4.78, 5) is 13.5. The minimum Gasteiger partial charge on any atom is -0.498 e. The van der Waals surface area contributed by atoms with E-state index in [1.807, 2.05) is 42.5 Å². The molecule has 0 fully saturated rings. The van der Waals surface area contributed by atoms with Crippen molar-refractivity contribution < 1.29 is 28.6 Å². The van der Waals surface area contributed by atoms with E-state index < -0.39 is 6.85 Å². The fourth-order valence-corrected chi connectivity index (χ4v) is 5.34. The van der Waals surface area contributed by atoms with E-state index in [2.05, 4.69) is 61.1 Å². The maximum absolute atomic E-state index is 7.23. The molecular formula is C34H27IrN3OS-2. The first kappa shape index (κ1) is 24.1. The summed E-state index contributed by atoms with van der Waals surface area (Å²) < 4.78 is 29.2. The summed E-state index contributed by atoms with van der Waals surface area (Å²) in [5, 5.41) is 3.29. The predicted octanol–water partition coefficient (Wildman–Crippen LogP) is 9.21. The Kier molecular flexibility index (Phi) is 6.89. The number of aryl methyl sites for hydroxylation is 1. The molecule has 4 aromatic heterocycles. The van der Waals surface area contributed by atoms with E-state index in [4.69, 9.17) is 13.5 Å². The van der Waals surface area contributed by atoms with Gasteiger partial charge in [-0.25, -0.2) is 4.98 Å². The van der Waals surface area contributed by atoms with Gasteiger partial charge in [0.2, 0.25) is 0 Å². The minimum absolute atomic E-state index is 0. The van der Waals surface area contributed by atoms with E-state index in [1.165, 1.54) is 6.20 Å². The van der Waals surface area contributed by atoms with Gasteiger partial charge < -0.3 is 14.4 Å². The summed E-state index contributed by atoms with van der Waals surface area (Å²) in [6, 6.07) is 31.2. The maximum atomic E-state index is 7.23. The number of hydrogen-bond acceptors (Lipinski definition) is 5. The molecule has 40 heavy (non-hydrogen) atoms. The van der Waals surface area contributed by atoms with Crippen LogP contribution in [0.4, 0.5) is 0 Å². The maximum Gasteiger partial charge on any atom is 0.148 e. The Morgan fingerprint density at radius 1 is 0.825 bits per heavy atom. The van der Waals surface area contributed by atoms with Gasteiger partial charge in [0, 0.05) is 47.4 Å². The number of pyridine rings is 2. The molecule has 7 aromatic rings. The minimum atomic E-state index is -2.09. The zero-order valence-corrected chi connectivity index (χ0v) is 25.4. The molecule has 0 aliphatic rings. The van der Waals surface area contributed by atoms with Crippen molar-refractivity contribution >= 4 is 43.5 Å². The van der Waals surface area contributed by atoms with Gasteiger partial charge in [-0.3, -0.25) is 0 Å². The van der Waals surface area contributed by atoms with Crippen LogP contribution in [0.5, 0.6) is 0 Å². The molecular weight excluding hydrogens is 691 g/mol. The van der Waals surface area contributed by atoms with Gasteiger partial charge in [-0.2, -0.15) is 0 Å². The van der Waals surface area contributed by atoms with E-state index in [0.717, 1.165) is 59.7 Å². The van der Waals surface area contributed by atoms with Crippen molar-refractivity contribution in [2.45, 2.75) is 33.0 Å². The molecule has 0 unspecified atom stereocenters. The molecule has 201 valence electrons. The van der Waals surface area contributed by atoms with Crippen molar-refractivity contribution in [1.29, 1.82) is 0 Å². The third kappa shape index (κ3) is 5.48. The molecule has 0 aliphatic heterocycles. The van der Waals surface area contributed by atoms with E-state index >= 15 is 0 Å². The summed E-state index contributed by atoms with van der Waals surface area (Å²) in [6.45, 7) is 4.48. The number of thiazole rings is 1. The number of hydrogen-bond donors (Lipinski definition) is 0. The number of rotatable bonds is 2. The van der Waals surface area contributed by atoms with Crippen LogP contribution < -0.4 is 0 Å². The van der Waals surface area contributed by atoms with Crippen LogP contribution in [0.1, 0.15) is 35.5 Å². The van der Waals surface area contributed by atoms with E-state index in [1.54, 1.807) is 35.7 Å². The van der Waals surface area contributed by atoms with Gasteiger partial charge in [-0.05, 0) is 35.9 Å². The van der Waals surface area contributed by atoms with Crippen molar-refractivity contribution in [3.05, 3.63) is 114 Å². The Morgan fingerprint density at radius 3 is 2.38 bits per heavy atom. The first-order valence-electron chi connectivity index (χ1n) is 14.1. The van der Waals surface area contributed by atoms with Gasteiger partial charge in [-0.15, -0.1) is 65.4 Å². The van der Waals surface area contributed by atoms with Gasteiger partial charge in [0.1, 0.15) is 11.1 Å². The molecule has 1 radical (unpaired) electrons. The van der Waals surface area contributed by atoms with Crippen molar-refractivity contribution in [3.8, 4) is 22.5 Å². The van der Waals surface area contributed by atoms with Crippen LogP contribution in [0.2, 0.25) is 0 Å². The van der Waals surface area contributed by atoms with Crippen molar-refractivity contribution in [2.75, 3.05) is 0 Å². The number of fused-ring (bicyclic) bond motifs is 5. The molecule has 0 spiro atoms. The molecule has 0 saturated heterocycles.